The quantitative estimate of drug-likeness (QED) is 0.811. The molecule has 0 spiro atoms. The van der Waals surface area contributed by atoms with Crippen molar-refractivity contribution in [3.8, 4) is 0 Å². The predicted octanol–water partition coefficient (Wildman–Crippen LogP) is -0.0817. The molecule has 3 N–H and O–H groups in total. The van der Waals surface area contributed by atoms with Gasteiger partial charge in [-0.2, -0.15) is 0 Å². The number of benzene rings is 1. The van der Waals surface area contributed by atoms with Crippen molar-refractivity contribution >= 4 is 16.1 Å². The Labute approximate surface area is 124 Å². The number of primary sulfonamides is 1. The van der Waals surface area contributed by atoms with E-state index in [9.17, 15) is 13.2 Å². The van der Waals surface area contributed by atoms with E-state index in [4.69, 9.17) is 9.88 Å². The highest BCUT2D eigenvalue weighted by Crippen LogP contribution is 2.09. The van der Waals surface area contributed by atoms with E-state index in [2.05, 4.69) is 5.32 Å². The number of nitrogens with one attached hydrogen (secondary N) is 1. The Balaban J connectivity index is 1.79. The number of urea groups is 1. The second-order valence-electron chi connectivity index (χ2n) is 4.77. The number of sulfonamides is 1. The molecule has 0 saturated carbocycles. The van der Waals surface area contributed by atoms with Crippen molar-refractivity contribution in [1.29, 1.82) is 0 Å². The van der Waals surface area contributed by atoms with E-state index >= 15 is 0 Å². The van der Waals surface area contributed by atoms with Crippen molar-refractivity contribution in [3.05, 3.63) is 29.8 Å². The van der Waals surface area contributed by atoms with Crippen LogP contribution < -0.4 is 10.5 Å². The summed E-state index contributed by atoms with van der Waals surface area (Å²) in [6, 6.07) is 6.23. The second kappa shape index (κ2) is 6.88. The van der Waals surface area contributed by atoms with Crippen LogP contribution in [0.1, 0.15) is 5.56 Å². The Morgan fingerprint density at radius 2 is 1.86 bits per heavy atom. The smallest absolute Gasteiger partial charge is 0.317 e. The van der Waals surface area contributed by atoms with Crippen molar-refractivity contribution < 1.29 is 17.9 Å². The fourth-order valence-corrected chi connectivity index (χ4v) is 2.55. The third-order valence-corrected chi connectivity index (χ3v) is 4.17. The molecule has 7 nitrogen and oxygen atoms in total. The average Bonchev–Trinajstić information content (AvgIpc) is 2.47. The number of carbonyl (C=O) groups excluding carboxylic acids is 1. The Bertz CT molecular complexity index is 580. The molecule has 0 aliphatic carbocycles. The van der Waals surface area contributed by atoms with E-state index < -0.39 is 10.0 Å². The first-order valence-corrected chi connectivity index (χ1v) is 8.24. The van der Waals surface area contributed by atoms with Gasteiger partial charge in [-0.1, -0.05) is 12.1 Å². The number of hydrogen-bond acceptors (Lipinski definition) is 4. The molecule has 1 aliphatic heterocycles. The highest BCUT2D eigenvalue weighted by Gasteiger charge is 2.15. The predicted molar refractivity (Wildman–Crippen MR) is 77.3 cm³/mol. The zero-order valence-electron chi connectivity index (χ0n) is 11.6. The molecule has 0 atom stereocenters. The minimum atomic E-state index is -3.66. The maximum atomic E-state index is 11.8. The van der Waals surface area contributed by atoms with Crippen LogP contribution in [-0.4, -0.2) is 52.2 Å². The van der Waals surface area contributed by atoms with Crippen molar-refractivity contribution in [2.45, 2.75) is 11.3 Å². The summed E-state index contributed by atoms with van der Waals surface area (Å²) < 4.78 is 27.4. The molecule has 0 bridgehead atoms. The Morgan fingerprint density at radius 3 is 2.43 bits per heavy atom. The van der Waals surface area contributed by atoms with Crippen LogP contribution in [0, 0.1) is 0 Å². The number of ether oxygens (including phenoxy) is 1. The largest absolute Gasteiger partial charge is 0.378 e. The fraction of sp³-hybridized carbons (Fsp3) is 0.462. The number of carbonyl (C=O) groups is 1. The lowest BCUT2D eigenvalue weighted by molar-refractivity contribution is 0.0533. The number of morpholine rings is 1. The maximum Gasteiger partial charge on any atom is 0.317 e. The molecule has 116 valence electrons. The topological polar surface area (TPSA) is 102 Å². The van der Waals surface area contributed by atoms with Crippen molar-refractivity contribution in [1.82, 2.24) is 10.2 Å². The molecule has 2 rings (SSSR count). The van der Waals surface area contributed by atoms with Crippen LogP contribution in [0.25, 0.3) is 0 Å². The van der Waals surface area contributed by atoms with Crippen LogP contribution in [0.3, 0.4) is 0 Å². The van der Waals surface area contributed by atoms with Crippen LogP contribution >= 0.6 is 0 Å². The third kappa shape index (κ3) is 4.69. The summed E-state index contributed by atoms with van der Waals surface area (Å²) >= 11 is 0. The molecule has 1 aromatic rings. The molecule has 0 radical (unpaired) electrons. The van der Waals surface area contributed by atoms with Gasteiger partial charge in [-0.05, 0) is 24.1 Å². The van der Waals surface area contributed by atoms with Gasteiger partial charge in [-0.3, -0.25) is 0 Å². The van der Waals surface area contributed by atoms with Crippen molar-refractivity contribution in [2.75, 3.05) is 32.8 Å². The van der Waals surface area contributed by atoms with Gasteiger partial charge in [-0.15, -0.1) is 0 Å². The van der Waals surface area contributed by atoms with Gasteiger partial charge in [0.25, 0.3) is 0 Å². The minimum Gasteiger partial charge on any atom is -0.378 e. The van der Waals surface area contributed by atoms with Crippen LogP contribution in [0.5, 0.6) is 0 Å². The lowest BCUT2D eigenvalue weighted by Gasteiger charge is -2.26. The third-order valence-electron chi connectivity index (χ3n) is 3.24. The molecule has 1 aromatic carbocycles. The van der Waals surface area contributed by atoms with E-state index in [0.29, 0.717) is 39.3 Å². The average molecular weight is 313 g/mol. The lowest BCUT2D eigenvalue weighted by Crippen LogP contribution is -2.46. The highest BCUT2D eigenvalue weighted by atomic mass is 32.2. The van der Waals surface area contributed by atoms with E-state index in [0.717, 1.165) is 5.56 Å². The van der Waals surface area contributed by atoms with Crippen LogP contribution in [0.2, 0.25) is 0 Å². The fourth-order valence-electron chi connectivity index (χ4n) is 2.04. The van der Waals surface area contributed by atoms with Gasteiger partial charge in [0, 0.05) is 19.6 Å². The number of rotatable bonds is 4. The standard InChI is InChI=1S/C13H19N3O4S/c14-21(18,19)12-3-1-11(2-4-12)5-6-15-13(17)16-7-9-20-10-8-16/h1-4H,5-10H2,(H,15,17)(H2,14,18,19). The van der Waals surface area contributed by atoms with Gasteiger partial charge >= 0.3 is 6.03 Å². The van der Waals surface area contributed by atoms with Gasteiger partial charge < -0.3 is 15.0 Å². The van der Waals surface area contributed by atoms with Gasteiger partial charge in [0.2, 0.25) is 10.0 Å². The van der Waals surface area contributed by atoms with Gasteiger partial charge in [-0.25, -0.2) is 18.4 Å². The van der Waals surface area contributed by atoms with E-state index in [1.165, 1.54) is 12.1 Å². The molecule has 21 heavy (non-hydrogen) atoms. The van der Waals surface area contributed by atoms with E-state index in [-0.39, 0.29) is 10.9 Å². The molecule has 1 aliphatic rings. The molecular weight excluding hydrogens is 294 g/mol. The molecule has 1 fully saturated rings. The minimum absolute atomic E-state index is 0.0867. The SMILES string of the molecule is NS(=O)(=O)c1ccc(CCNC(=O)N2CCOCC2)cc1. The summed E-state index contributed by atoms with van der Waals surface area (Å²) in [7, 11) is -3.66. The molecule has 2 amide bonds. The summed E-state index contributed by atoms with van der Waals surface area (Å²) in [5, 5.41) is 7.86. The summed E-state index contributed by atoms with van der Waals surface area (Å²) in [6.07, 6.45) is 0.626. The van der Waals surface area contributed by atoms with Crippen LogP contribution in [0.4, 0.5) is 4.79 Å². The zero-order chi connectivity index (χ0) is 15.3. The van der Waals surface area contributed by atoms with Crippen LogP contribution in [0.15, 0.2) is 29.2 Å². The Morgan fingerprint density at radius 1 is 1.24 bits per heavy atom. The van der Waals surface area contributed by atoms with Crippen molar-refractivity contribution in [3.63, 3.8) is 0 Å². The Kier molecular flexibility index (Phi) is 5.16. The maximum absolute atomic E-state index is 11.8. The van der Waals surface area contributed by atoms with Crippen LogP contribution in [-0.2, 0) is 21.2 Å². The zero-order valence-corrected chi connectivity index (χ0v) is 12.4. The highest BCUT2D eigenvalue weighted by molar-refractivity contribution is 7.89. The Hall–Kier alpha value is -1.64. The molecule has 8 heteroatoms. The number of nitrogens with two attached hydrogens (primary N) is 1. The monoisotopic (exact) mass is 313 g/mol. The molecule has 1 heterocycles. The molecule has 1 saturated heterocycles. The number of amides is 2. The molecule has 0 aromatic heterocycles. The van der Waals surface area contributed by atoms with Gasteiger partial charge in [0.05, 0.1) is 18.1 Å². The number of nitrogens with zero attached hydrogens (tertiary/aromatic N) is 1. The van der Waals surface area contributed by atoms with Gasteiger partial charge in [0.15, 0.2) is 0 Å². The first-order valence-electron chi connectivity index (χ1n) is 6.69. The first-order chi connectivity index (χ1) is 9.97. The molecule has 0 unspecified atom stereocenters. The summed E-state index contributed by atoms with van der Waals surface area (Å²) in [5.41, 5.74) is 0.935. The normalized spacial score (nSPS) is 15.8. The van der Waals surface area contributed by atoms with E-state index in [1.54, 1.807) is 17.0 Å². The van der Waals surface area contributed by atoms with Gasteiger partial charge in [0.1, 0.15) is 0 Å². The second-order valence-corrected chi connectivity index (χ2v) is 6.33. The lowest BCUT2D eigenvalue weighted by atomic mass is 10.1. The van der Waals surface area contributed by atoms with Crippen molar-refractivity contribution in [2.24, 2.45) is 5.14 Å². The van der Waals surface area contributed by atoms with E-state index in [1.807, 2.05) is 0 Å². The number of hydrogen-bond donors (Lipinski definition) is 2. The molecular formula is C13H19N3O4S. The summed E-state index contributed by atoms with van der Waals surface area (Å²) in [4.78, 5) is 13.6. The summed E-state index contributed by atoms with van der Waals surface area (Å²) in [6.45, 7) is 2.85. The summed E-state index contributed by atoms with van der Waals surface area (Å²) in [5.74, 6) is 0. The first kappa shape index (κ1) is 15.7.